The molecule has 10 rings (SSSR count). The molecule has 0 saturated heterocycles. The number of hydrogen-bond acceptors (Lipinski definition) is 6. The Morgan fingerprint density at radius 3 is 1.35 bits per heavy atom. The smallest absolute Gasteiger partial charge is 0.164 e. The molecule has 0 aliphatic carbocycles. The molecule has 1 aliphatic rings. The molecule has 0 amide bonds. The summed E-state index contributed by atoms with van der Waals surface area (Å²) in [5.41, 5.74) is 9.34. The molecular weight excluding hydrogens is 747 g/mol. The lowest BCUT2D eigenvalue weighted by Gasteiger charge is -2.24. The quantitative estimate of drug-likeness (QED) is 0.167. The van der Waals surface area contributed by atoms with Gasteiger partial charge in [-0.25, -0.2) is 33.7 Å². The summed E-state index contributed by atoms with van der Waals surface area (Å²) >= 11 is 0. The average molecular weight is 781 g/mol. The Kier molecular flexibility index (Phi) is 9.55. The van der Waals surface area contributed by atoms with Gasteiger partial charge in [0, 0.05) is 27.8 Å². The second kappa shape index (κ2) is 15.8. The second-order valence-corrected chi connectivity index (χ2v) is 14.4. The first kappa shape index (κ1) is 36.4. The van der Waals surface area contributed by atoms with E-state index in [0.717, 1.165) is 60.8 Å². The lowest BCUT2D eigenvalue weighted by Crippen LogP contribution is -2.33. The van der Waals surface area contributed by atoms with Crippen LogP contribution in [-0.4, -0.2) is 26.6 Å². The first-order valence-corrected chi connectivity index (χ1v) is 19.6. The van der Waals surface area contributed by atoms with Crippen LogP contribution in [0.3, 0.4) is 0 Å². The van der Waals surface area contributed by atoms with Crippen LogP contribution in [0.25, 0.3) is 67.2 Å². The van der Waals surface area contributed by atoms with Crippen molar-refractivity contribution in [2.75, 3.05) is 0 Å². The maximum absolute atomic E-state index is 13.9. The highest BCUT2D eigenvalue weighted by Gasteiger charge is 2.22. The monoisotopic (exact) mass is 780 g/mol. The van der Waals surface area contributed by atoms with Gasteiger partial charge in [-0.1, -0.05) is 158 Å². The molecular formula is C52H34F2N6. The molecule has 1 aliphatic heterocycles. The van der Waals surface area contributed by atoms with Gasteiger partial charge in [-0.3, -0.25) is 0 Å². The molecule has 60 heavy (non-hydrogen) atoms. The summed E-state index contributed by atoms with van der Waals surface area (Å²) in [6.07, 6.45) is -0.437. The summed E-state index contributed by atoms with van der Waals surface area (Å²) in [5, 5.41) is 5.73. The van der Waals surface area contributed by atoms with Crippen LogP contribution in [0.2, 0.25) is 0 Å². The molecule has 0 bridgehead atoms. The molecule has 8 aromatic carbocycles. The average Bonchev–Trinajstić information content (AvgIpc) is 3.32. The summed E-state index contributed by atoms with van der Waals surface area (Å²) in [5.74, 6) is 2.20. The Morgan fingerprint density at radius 2 is 0.817 bits per heavy atom. The van der Waals surface area contributed by atoms with Gasteiger partial charge in [-0.2, -0.15) is 0 Å². The highest BCUT2D eigenvalue weighted by atomic mass is 19.1. The lowest BCUT2D eigenvalue weighted by molar-refractivity contribution is 0.621. The van der Waals surface area contributed by atoms with Crippen molar-refractivity contribution < 1.29 is 8.78 Å². The molecule has 6 nitrogen and oxygen atoms in total. The van der Waals surface area contributed by atoms with Crippen LogP contribution in [-0.2, 0) is 0 Å². The number of nitrogens with zero attached hydrogens (tertiary/aromatic N) is 5. The molecule has 0 fully saturated rings. The largest absolute Gasteiger partial charge is 0.344 e. The van der Waals surface area contributed by atoms with E-state index in [-0.39, 0.29) is 11.6 Å². The van der Waals surface area contributed by atoms with E-state index in [1.54, 1.807) is 24.3 Å². The fraction of sp³-hybridized carbons (Fsp3) is 0.0192. The van der Waals surface area contributed by atoms with E-state index in [4.69, 9.17) is 24.9 Å². The Labute approximate surface area is 345 Å². The predicted molar refractivity (Wildman–Crippen MR) is 236 cm³/mol. The molecule has 2 heterocycles. The first-order valence-electron chi connectivity index (χ1n) is 19.6. The molecule has 1 N–H and O–H groups in total. The molecule has 9 aromatic rings. The summed E-state index contributed by atoms with van der Waals surface area (Å²) in [4.78, 5) is 24.3. The van der Waals surface area contributed by atoms with Crippen molar-refractivity contribution in [2.24, 2.45) is 9.98 Å². The standard InChI is InChI=1S/C52H34F2N6/c53-42-29-25-40(26-30-42)51-57-47(36-9-3-1-4-10-36)55-49(59-51)38-21-17-33(18-22-38)44-15-7-13-35-14-8-16-45(46(35)44)34-19-23-39(24-20-34)50-56-48(37-11-5-2-6-12-37)58-52(60-50)41-27-31-43(54)32-28-41/h1-32,51H,(H,55,57,59). The summed E-state index contributed by atoms with van der Waals surface area (Å²) in [6, 6.07) is 61.7. The molecule has 0 saturated carbocycles. The summed E-state index contributed by atoms with van der Waals surface area (Å²) < 4.78 is 27.7. The number of fused-ring (bicyclic) bond motifs is 1. The van der Waals surface area contributed by atoms with Crippen LogP contribution in [0.15, 0.2) is 204 Å². The third kappa shape index (κ3) is 7.34. The Hall–Kier alpha value is -7.97. The lowest BCUT2D eigenvalue weighted by atomic mass is 9.91. The fourth-order valence-corrected chi connectivity index (χ4v) is 7.51. The topological polar surface area (TPSA) is 75.4 Å². The van der Waals surface area contributed by atoms with Gasteiger partial charge in [0.2, 0.25) is 0 Å². The molecule has 0 radical (unpaired) electrons. The van der Waals surface area contributed by atoms with E-state index in [0.29, 0.717) is 34.7 Å². The van der Waals surface area contributed by atoms with Crippen LogP contribution in [0.1, 0.15) is 22.9 Å². The van der Waals surface area contributed by atoms with Gasteiger partial charge in [-0.15, -0.1) is 0 Å². The Morgan fingerprint density at radius 1 is 0.383 bits per heavy atom. The van der Waals surface area contributed by atoms with Crippen LogP contribution < -0.4 is 5.32 Å². The molecule has 0 spiro atoms. The SMILES string of the molecule is Fc1ccc(-c2nc(-c3ccccc3)nc(-c3ccc(-c4cccc5cccc(-c6ccc(C7=NC(c8ccccc8)=NC(c8ccc(F)cc8)N7)cc6)c45)cc3)n2)cc1. The minimum Gasteiger partial charge on any atom is -0.344 e. The van der Waals surface area contributed by atoms with E-state index in [1.165, 1.54) is 24.3 Å². The zero-order valence-corrected chi connectivity index (χ0v) is 32.0. The van der Waals surface area contributed by atoms with Crippen molar-refractivity contribution in [3.63, 3.8) is 0 Å². The predicted octanol–water partition coefficient (Wildman–Crippen LogP) is 12.1. The highest BCUT2D eigenvalue weighted by Crippen LogP contribution is 2.38. The third-order valence-corrected chi connectivity index (χ3v) is 10.6. The number of aromatic nitrogens is 3. The van der Waals surface area contributed by atoms with E-state index in [1.807, 2.05) is 72.8 Å². The highest BCUT2D eigenvalue weighted by molar-refractivity contribution is 6.13. The van der Waals surface area contributed by atoms with Crippen LogP contribution in [0.5, 0.6) is 0 Å². The second-order valence-electron chi connectivity index (χ2n) is 14.4. The van der Waals surface area contributed by atoms with Gasteiger partial charge < -0.3 is 5.32 Å². The van der Waals surface area contributed by atoms with Crippen molar-refractivity contribution >= 4 is 22.4 Å². The third-order valence-electron chi connectivity index (χ3n) is 10.6. The molecule has 1 atom stereocenters. The Bertz CT molecular complexity index is 3040. The van der Waals surface area contributed by atoms with Gasteiger partial charge in [0.25, 0.3) is 0 Å². The number of benzene rings is 8. The molecule has 1 unspecified atom stereocenters. The summed E-state index contributed by atoms with van der Waals surface area (Å²) in [6.45, 7) is 0. The van der Waals surface area contributed by atoms with E-state index >= 15 is 0 Å². The minimum atomic E-state index is -0.437. The van der Waals surface area contributed by atoms with E-state index in [2.05, 4.69) is 78.1 Å². The molecule has 286 valence electrons. The maximum Gasteiger partial charge on any atom is 0.164 e. The summed E-state index contributed by atoms with van der Waals surface area (Å²) in [7, 11) is 0. The van der Waals surface area contributed by atoms with Gasteiger partial charge in [0.1, 0.15) is 23.6 Å². The molecule has 8 heteroatoms. The number of halogens is 2. The van der Waals surface area contributed by atoms with Gasteiger partial charge in [0.05, 0.1) is 0 Å². The number of rotatable bonds is 8. The number of aliphatic imine (C=N–C) groups is 2. The fourth-order valence-electron chi connectivity index (χ4n) is 7.51. The maximum atomic E-state index is 13.9. The first-order chi connectivity index (χ1) is 29.5. The number of nitrogens with one attached hydrogen (secondary N) is 1. The van der Waals surface area contributed by atoms with Crippen molar-refractivity contribution in [3.8, 4) is 56.4 Å². The zero-order valence-electron chi connectivity index (χ0n) is 32.0. The van der Waals surface area contributed by atoms with Crippen molar-refractivity contribution in [1.29, 1.82) is 0 Å². The number of hydrogen-bond donors (Lipinski definition) is 1. The van der Waals surface area contributed by atoms with Crippen molar-refractivity contribution in [3.05, 3.63) is 222 Å². The zero-order chi connectivity index (χ0) is 40.4. The van der Waals surface area contributed by atoms with Crippen LogP contribution in [0, 0.1) is 11.6 Å². The number of amidine groups is 2. The van der Waals surface area contributed by atoms with Crippen molar-refractivity contribution in [1.82, 2.24) is 20.3 Å². The van der Waals surface area contributed by atoms with Gasteiger partial charge in [0.15, 0.2) is 23.3 Å². The van der Waals surface area contributed by atoms with Gasteiger partial charge >= 0.3 is 0 Å². The minimum absolute atomic E-state index is 0.296. The van der Waals surface area contributed by atoms with Crippen LogP contribution in [0.4, 0.5) is 8.78 Å². The van der Waals surface area contributed by atoms with Gasteiger partial charge in [-0.05, 0) is 75.0 Å². The van der Waals surface area contributed by atoms with Crippen molar-refractivity contribution in [2.45, 2.75) is 6.17 Å². The Balaban J connectivity index is 0.990. The molecule has 1 aromatic heterocycles. The normalized spacial score (nSPS) is 13.7. The van der Waals surface area contributed by atoms with E-state index in [9.17, 15) is 8.78 Å². The van der Waals surface area contributed by atoms with E-state index < -0.39 is 6.17 Å². The van der Waals surface area contributed by atoms with Crippen LogP contribution >= 0.6 is 0 Å².